The first-order chi connectivity index (χ1) is 18.9. The van der Waals surface area contributed by atoms with Crippen LogP contribution in [0.2, 0.25) is 10.0 Å². The van der Waals surface area contributed by atoms with Gasteiger partial charge in [-0.05, 0) is 80.8 Å². The van der Waals surface area contributed by atoms with Crippen molar-refractivity contribution in [3.05, 3.63) is 103 Å². The summed E-state index contributed by atoms with van der Waals surface area (Å²) in [6, 6.07) is 15.7. The van der Waals surface area contributed by atoms with Crippen LogP contribution in [0.15, 0.2) is 82.3 Å². The first kappa shape index (κ1) is 27.8. The van der Waals surface area contributed by atoms with Crippen LogP contribution in [0.4, 0.5) is 11.4 Å². The molecule has 3 aliphatic rings. The van der Waals surface area contributed by atoms with Crippen LogP contribution in [-0.4, -0.2) is 23.4 Å². The first-order valence-corrected chi connectivity index (χ1v) is 14.1. The maximum atomic E-state index is 13.9. The second-order valence-electron chi connectivity index (χ2n) is 11.3. The molecule has 2 aliphatic heterocycles. The average Bonchev–Trinajstić information content (AvgIpc) is 3.26. The summed E-state index contributed by atoms with van der Waals surface area (Å²) >= 11 is 12.7. The SMILES string of the molecule is CCN1/C(=C\C2=C([O-])C(=C\C3=[N+](CC)c4ccc(Cl)cc4C3(C)C)/C2=C(C#N)C#N)C(C)(C)c2cc(Cl)ccc21. The molecule has 1 aliphatic carbocycles. The van der Waals surface area contributed by atoms with Gasteiger partial charge in [0, 0.05) is 56.7 Å². The van der Waals surface area contributed by atoms with Gasteiger partial charge in [-0.25, -0.2) is 0 Å². The molecule has 0 fully saturated rings. The topological polar surface area (TPSA) is 76.9 Å². The molecule has 0 amide bonds. The van der Waals surface area contributed by atoms with Gasteiger partial charge < -0.3 is 10.0 Å². The first-order valence-electron chi connectivity index (χ1n) is 13.4. The molecule has 0 spiro atoms. The van der Waals surface area contributed by atoms with E-state index in [0.29, 0.717) is 39.9 Å². The normalized spacial score (nSPS) is 20.4. The molecule has 0 aromatic heterocycles. The molecule has 5 nitrogen and oxygen atoms in total. The van der Waals surface area contributed by atoms with E-state index >= 15 is 0 Å². The van der Waals surface area contributed by atoms with Gasteiger partial charge in [-0.2, -0.15) is 15.1 Å². The predicted molar refractivity (Wildman–Crippen MR) is 159 cm³/mol. The Morgan fingerprint density at radius 3 is 2.17 bits per heavy atom. The molecule has 0 atom stereocenters. The van der Waals surface area contributed by atoms with Gasteiger partial charge in [0.25, 0.3) is 0 Å². The van der Waals surface area contributed by atoms with Crippen LogP contribution in [0.5, 0.6) is 0 Å². The molecule has 0 unspecified atom stereocenters. The fourth-order valence-electron chi connectivity index (χ4n) is 6.31. The van der Waals surface area contributed by atoms with Gasteiger partial charge >= 0.3 is 0 Å². The van der Waals surface area contributed by atoms with Crippen LogP contribution in [0.25, 0.3) is 0 Å². The molecule has 0 radical (unpaired) electrons. The Morgan fingerprint density at radius 2 is 1.57 bits per heavy atom. The Morgan fingerprint density at radius 1 is 0.950 bits per heavy atom. The summed E-state index contributed by atoms with van der Waals surface area (Å²) in [5.74, 6) is -0.181. The van der Waals surface area contributed by atoms with Crippen molar-refractivity contribution in [3.63, 3.8) is 0 Å². The summed E-state index contributed by atoms with van der Waals surface area (Å²) in [5.41, 5.74) is 6.28. The zero-order valence-corrected chi connectivity index (χ0v) is 25.0. The molecular formula is C33H30Cl2N4O. The molecule has 0 saturated carbocycles. The van der Waals surface area contributed by atoms with Gasteiger partial charge in [-0.15, -0.1) is 0 Å². The molecule has 40 heavy (non-hydrogen) atoms. The van der Waals surface area contributed by atoms with Crippen LogP contribution in [0.3, 0.4) is 0 Å². The molecule has 7 heteroatoms. The van der Waals surface area contributed by atoms with Gasteiger partial charge in [-0.3, -0.25) is 0 Å². The van der Waals surface area contributed by atoms with Gasteiger partial charge in [0.05, 0.1) is 5.41 Å². The van der Waals surface area contributed by atoms with Crippen molar-refractivity contribution in [1.29, 1.82) is 10.5 Å². The quantitative estimate of drug-likeness (QED) is 0.294. The number of rotatable bonds is 4. The van der Waals surface area contributed by atoms with Gasteiger partial charge in [-0.1, -0.05) is 42.8 Å². The van der Waals surface area contributed by atoms with E-state index in [0.717, 1.165) is 33.9 Å². The third-order valence-corrected chi connectivity index (χ3v) is 8.87. The second-order valence-corrected chi connectivity index (χ2v) is 12.1. The highest BCUT2D eigenvalue weighted by Gasteiger charge is 2.46. The summed E-state index contributed by atoms with van der Waals surface area (Å²) in [4.78, 5) is 2.16. The van der Waals surface area contributed by atoms with Crippen LogP contribution >= 0.6 is 23.2 Å². The number of nitrogens with zero attached hydrogens (tertiary/aromatic N) is 4. The number of anilines is 1. The predicted octanol–water partition coefficient (Wildman–Crippen LogP) is 6.99. The molecule has 2 aromatic rings. The lowest BCUT2D eigenvalue weighted by Crippen LogP contribution is -2.32. The van der Waals surface area contributed by atoms with E-state index in [9.17, 15) is 15.6 Å². The maximum absolute atomic E-state index is 13.9. The minimum Gasteiger partial charge on any atom is -0.872 e. The van der Waals surface area contributed by atoms with Crippen LogP contribution < -0.4 is 10.0 Å². The van der Waals surface area contributed by atoms with E-state index in [2.05, 4.69) is 51.0 Å². The smallest absolute Gasteiger partial charge is 0.209 e. The zero-order valence-electron chi connectivity index (χ0n) is 23.5. The third-order valence-electron chi connectivity index (χ3n) is 8.40. The molecule has 2 aromatic carbocycles. The van der Waals surface area contributed by atoms with Crippen molar-refractivity contribution < 1.29 is 9.68 Å². The standard InChI is InChI=1S/C33H30Cl2N4O/c1-7-38-26-11-9-20(34)13-24(26)32(3,4)28(38)15-22-30(19(17-36)18-37)23(31(22)40)16-29-33(5,6)25-14-21(35)10-12-27(25)39(29)8-2/h9-16H,7-8H2,1-6H3. The highest BCUT2D eigenvalue weighted by atomic mass is 35.5. The molecular weight excluding hydrogens is 539 g/mol. The molecule has 0 N–H and O–H groups in total. The second kappa shape index (κ2) is 9.70. The number of fused-ring (bicyclic) bond motifs is 2. The number of hydrogen-bond acceptors (Lipinski definition) is 4. The largest absolute Gasteiger partial charge is 0.872 e. The highest BCUT2D eigenvalue weighted by Crippen LogP contribution is 2.51. The molecule has 0 saturated heterocycles. The van der Waals surface area contributed by atoms with Crippen molar-refractivity contribution in [2.45, 2.75) is 52.4 Å². The number of halogens is 2. The van der Waals surface area contributed by atoms with Crippen molar-refractivity contribution in [2.75, 3.05) is 18.0 Å². The van der Waals surface area contributed by atoms with E-state index in [1.807, 2.05) is 60.7 Å². The lowest BCUT2D eigenvalue weighted by atomic mass is 9.74. The van der Waals surface area contributed by atoms with Crippen molar-refractivity contribution in [2.24, 2.45) is 0 Å². The third kappa shape index (κ3) is 3.92. The van der Waals surface area contributed by atoms with Crippen LogP contribution in [0.1, 0.15) is 52.7 Å². The molecule has 0 bridgehead atoms. The lowest BCUT2D eigenvalue weighted by Gasteiger charge is -2.36. The van der Waals surface area contributed by atoms with Crippen LogP contribution in [0, 0.1) is 22.7 Å². The number of allylic oxidation sites excluding steroid dienone is 6. The molecule has 202 valence electrons. The summed E-state index contributed by atoms with van der Waals surface area (Å²) in [6.45, 7) is 13.9. The number of nitriles is 2. The van der Waals surface area contributed by atoms with Crippen molar-refractivity contribution in [1.82, 2.24) is 0 Å². The summed E-state index contributed by atoms with van der Waals surface area (Å²) < 4.78 is 2.16. The fourth-order valence-corrected chi connectivity index (χ4v) is 6.65. The van der Waals surface area contributed by atoms with E-state index in [4.69, 9.17) is 23.2 Å². The van der Waals surface area contributed by atoms with E-state index < -0.39 is 10.8 Å². The monoisotopic (exact) mass is 568 g/mol. The van der Waals surface area contributed by atoms with Crippen molar-refractivity contribution >= 4 is 40.3 Å². The van der Waals surface area contributed by atoms with E-state index in [1.54, 1.807) is 0 Å². The Hall–Kier alpha value is -3.77. The number of benzene rings is 2. The number of hydrogen-bond donors (Lipinski definition) is 0. The van der Waals surface area contributed by atoms with Gasteiger partial charge in [0.2, 0.25) is 5.69 Å². The molecule has 5 rings (SSSR count). The maximum Gasteiger partial charge on any atom is 0.209 e. The summed E-state index contributed by atoms with van der Waals surface area (Å²) in [7, 11) is 0. The Balaban J connectivity index is 1.71. The molecule has 2 heterocycles. The summed E-state index contributed by atoms with van der Waals surface area (Å²) in [6.07, 6.45) is 3.72. The Bertz CT molecular complexity index is 1710. The summed E-state index contributed by atoms with van der Waals surface area (Å²) in [5, 5.41) is 34.9. The number of likely N-dealkylation sites (N-methyl/N-ethyl adjacent to an activating group) is 1. The minimum atomic E-state index is -0.435. The Labute approximate surface area is 245 Å². The van der Waals surface area contributed by atoms with Crippen LogP contribution in [-0.2, 0) is 10.8 Å². The highest BCUT2D eigenvalue weighted by molar-refractivity contribution is 6.31. The van der Waals surface area contributed by atoms with E-state index in [1.165, 1.54) is 0 Å². The van der Waals surface area contributed by atoms with Crippen molar-refractivity contribution in [3.8, 4) is 12.1 Å². The zero-order chi connectivity index (χ0) is 29.1. The fraction of sp³-hybridized carbons (Fsp3) is 0.303. The average molecular weight is 570 g/mol. The minimum absolute atomic E-state index is 0.0721. The van der Waals surface area contributed by atoms with Gasteiger partial charge in [0.15, 0.2) is 5.71 Å². The Kier molecular flexibility index (Phi) is 6.74. The van der Waals surface area contributed by atoms with Gasteiger partial charge in [0.1, 0.15) is 24.3 Å². The lowest BCUT2D eigenvalue weighted by molar-refractivity contribution is -0.433. The van der Waals surface area contributed by atoms with E-state index in [-0.39, 0.29) is 11.3 Å².